The van der Waals surface area contributed by atoms with Crippen LogP contribution in [0.15, 0.2) is 29.3 Å². The van der Waals surface area contributed by atoms with Gasteiger partial charge >= 0.3 is 23.9 Å². The highest BCUT2D eigenvalue weighted by atomic mass is 16.6. The standard InChI is InChI=1S/C22H29NO10/c1-13(24)30-11-19(23-10-17-6-8-18(29-5)9-7-17)21(32-15(3)26)22(33-16(4)27)20(28)12-31-14(2)25/h6-10,19-22,28H,11-12H2,1-5H3/t19-,20+,21+,22+/m0/s1. The van der Waals surface area contributed by atoms with Crippen LogP contribution in [0.25, 0.3) is 0 Å². The van der Waals surface area contributed by atoms with Gasteiger partial charge in [-0.1, -0.05) is 0 Å². The van der Waals surface area contributed by atoms with Gasteiger partial charge < -0.3 is 28.8 Å². The van der Waals surface area contributed by atoms with Crippen molar-refractivity contribution in [1.82, 2.24) is 0 Å². The molecule has 0 fully saturated rings. The summed E-state index contributed by atoms with van der Waals surface area (Å²) in [6, 6.07) is 5.76. The second-order valence-corrected chi connectivity index (χ2v) is 6.94. The molecule has 0 amide bonds. The maximum absolute atomic E-state index is 11.8. The number of esters is 4. The molecule has 1 aromatic carbocycles. The van der Waals surface area contributed by atoms with Crippen LogP contribution in [0.2, 0.25) is 0 Å². The van der Waals surface area contributed by atoms with Crippen LogP contribution in [0.3, 0.4) is 0 Å². The molecule has 1 N–H and O–H groups in total. The molecule has 1 aromatic rings. The van der Waals surface area contributed by atoms with E-state index in [-0.39, 0.29) is 6.61 Å². The summed E-state index contributed by atoms with van der Waals surface area (Å²) in [5.41, 5.74) is 0.648. The minimum atomic E-state index is -1.56. The molecule has 0 spiro atoms. The normalized spacial score (nSPS) is 14.5. The minimum absolute atomic E-state index is 0.349. The predicted octanol–water partition coefficient (Wildman–Crippen LogP) is 0.833. The topological polar surface area (TPSA) is 147 Å². The lowest BCUT2D eigenvalue weighted by Crippen LogP contribution is -2.51. The second kappa shape index (κ2) is 13.8. The number of aliphatic hydroxyl groups excluding tert-OH is 1. The predicted molar refractivity (Wildman–Crippen MR) is 115 cm³/mol. The van der Waals surface area contributed by atoms with Crippen LogP contribution in [0.4, 0.5) is 0 Å². The number of benzene rings is 1. The first-order valence-corrected chi connectivity index (χ1v) is 10.00. The van der Waals surface area contributed by atoms with Gasteiger partial charge in [0.1, 0.15) is 31.1 Å². The Bertz CT molecular complexity index is 836. The van der Waals surface area contributed by atoms with Crippen LogP contribution in [0, 0.1) is 0 Å². The molecule has 0 saturated carbocycles. The fraction of sp³-hybridized carbons (Fsp3) is 0.500. The number of rotatable bonds is 12. The third-order valence-electron chi connectivity index (χ3n) is 4.13. The Kier molecular flexibility index (Phi) is 11.6. The average molecular weight is 467 g/mol. The van der Waals surface area contributed by atoms with Crippen LogP contribution in [0.5, 0.6) is 5.75 Å². The van der Waals surface area contributed by atoms with E-state index in [1.165, 1.54) is 20.2 Å². The van der Waals surface area contributed by atoms with Gasteiger partial charge in [0, 0.05) is 33.9 Å². The Hall–Kier alpha value is -3.47. The molecule has 11 heteroatoms. The lowest BCUT2D eigenvalue weighted by Gasteiger charge is -2.32. The molecule has 4 atom stereocenters. The smallest absolute Gasteiger partial charge is 0.303 e. The monoisotopic (exact) mass is 467 g/mol. The third-order valence-corrected chi connectivity index (χ3v) is 4.13. The summed E-state index contributed by atoms with van der Waals surface area (Å²) in [4.78, 5) is 50.4. The summed E-state index contributed by atoms with van der Waals surface area (Å²) in [6.45, 7) is 3.65. The van der Waals surface area contributed by atoms with Crippen LogP contribution in [-0.2, 0) is 38.1 Å². The number of ether oxygens (including phenoxy) is 5. The van der Waals surface area contributed by atoms with Crippen LogP contribution in [0.1, 0.15) is 33.3 Å². The Morgan fingerprint density at radius 2 is 1.36 bits per heavy atom. The molecule has 11 nitrogen and oxygen atoms in total. The summed E-state index contributed by atoms with van der Waals surface area (Å²) in [5, 5.41) is 10.5. The van der Waals surface area contributed by atoms with Gasteiger partial charge in [-0.05, 0) is 29.8 Å². The van der Waals surface area contributed by atoms with E-state index in [1.807, 2.05) is 0 Å². The highest BCUT2D eigenvalue weighted by molar-refractivity contribution is 5.80. The highest BCUT2D eigenvalue weighted by Crippen LogP contribution is 2.19. The fourth-order valence-electron chi connectivity index (χ4n) is 2.71. The van der Waals surface area contributed by atoms with E-state index in [0.717, 1.165) is 20.8 Å². The van der Waals surface area contributed by atoms with E-state index in [9.17, 15) is 24.3 Å². The van der Waals surface area contributed by atoms with Gasteiger partial charge in [-0.2, -0.15) is 0 Å². The van der Waals surface area contributed by atoms with Crippen molar-refractivity contribution in [2.45, 2.75) is 52.0 Å². The molecule has 0 aliphatic rings. The number of aliphatic hydroxyl groups is 1. The van der Waals surface area contributed by atoms with Crippen molar-refractivity contribution in [2.24, 2.45) is 4.99 Å². The zero-order valence-electron chi connectivity index (χ0n) is 19.2. The van der Waals surface area contributed by atoms with Crippen molar-refractivity contribution in [3.05, 3.63) is 29.8 Å². The largest absolute Gasteiger partial charge is 0.497 e. The van der Waals surface area contributed by atoms with E-state index < -0.39 is 54.8 Å². The zero-order chi connectivity index (χ0) is 25.0. The number of carbonyl (C=O) groups excluding carboxylic acids is 4. The summed E-state index contributed by atoms with van der Waals surface area (Å²) in [7, 11) is 1.53. The van der Waals surface area contributed by atoms with Crippen molar-refractivity contribution in [2.75, 3.05) is 20.3 Å². The Morgan fingerprint density at radius 1 is 0.848 bits per heavy atom. The number of aliphatic imine (C=N–C) groups is 1. The fourth-order valence-corrected chi connectivity index (χ4v) is 2.71. The SMILES string of the molecule is COc1ccc(C=N[C@@H](COC(C)=O)[C@@H](OC(C)=O)[C@H](OC(C)=O)[C@H](O)COC(C)=O)cc1. The third kappa shape index (κ3) is 10.6. The molecule has 0 radical (unpaired) electrons. The lowest BCUT2D eigenvalue weighted by molar-refractivity contribution is -0.183. The number of hydrogen-bond acceptors (Lipinski definition) is 11. The minimum Gasteiger partial charge on any atom is -0.497 e. The molecule has 0 saturated heterocycles. The Morgan fingerprint density at radius 3 is 1.85 bits per heavy atom. The van der Waals surface area contributed by atoms with Crippen LogP contribution < -0.4 is 4.74 Å². The number of nitrogens with zero attached hydrogens (tertiary/aromatic N) is 1. The van der Waals surface area contributed by atoms with Crippen LogP contribution >= 0.6 is 0 Å². The molecule has 0 bridgehead atoms. The maximum atomic E-state index is 11.8. The Balaban J connectivity index is 3.32. The quantitative estimate of drug-likeness (QED) is 0.266. The van der Waals surface area contributed by atoms with Crippen molar-refractivity contribution in [3.8, 4) is 5.75 Å². The first-order valence-electron chi connectivity index (χ1n) is 10.00. The van der Waals surface area contributed by atoms with Crippen molar-refractivity contribution >= 4 is 30.1 Å². The van der Waals surface area contributed by atoms with Crippen LogP contribution in [-0.4, -0.2) is 79.9 Å². The summed E-state index contributed by atoms with van der Waals surface area (Å²) >= 11 is 0. The number of methoxy groups -OCH3 is 1. The molecule has 0 aliphatic carbocycles. The van der Waals surface area contributed by atoms with Crippen molar-refractivity contribution < 1.29 is 48.0 Å². The molecule has 0 heterocycles. The van der Waals surface area contributed by atoms with E-state index in [1.54, 1.807) is 24.3 Å². The first kappa shape index (κ1) is 27.6. The number of carbonyl (C=O) groups is 4. The lowest BCUT2D eigenvalue weighted by atomic mass is 10.0. The summed E-state index contributed by atoms with van der Waals surface area (Å²) in [6.07, 6.45) is -2.96. The molecule has 33 heavy (non-hydrogen) atoms. The van der Waals surface area contributed by atoms with Gasteiger partial charge in [-0.25, -0.2) is 0 Å². The van der Waals surface area contributed by atoms with Crippen molar-refractivity contribution in [3.63, 3.8) is 0 Å². The summed E-state index contributed by atoms with van der Waals surface area (Å²) < 4.78 is 25.5. The van der Waals surface area contributed by atoms with Gasteiger partial charge in [0.25, 0.3) is 0 Å². The van der Waals surface area contributed by atoms with Gasteiger partial charge in [0.2, 0.25) is 0 Å². The zero-order valence-corrected chi connectivity index (χ0v) is 19.2. The number of hydrogen-bond donors (Lipinski definition) is 1. The van der Waals surface area contributed by atoms with Gasteiger partial charge in [0.15, 0.2) is 12.2 Å². The summed E-state index contributed by atoms with van der Waals surface area (Å²) in [5.74, 6) is -2.21. The average Bonchev–Trinajstić information content (AvgIpc) is 2.74. The molecular weight excluding hydrogens is 438 g/mol. The van der Waals surface area contributed by atoms with Gasteiger partial charge in [-0.3, -0.25) is 24.2 Å². The molecule has 0 aliphatic heterocycles. The molecule has 1 rings (SSSR count). The van der Waals surface area contributed by atoms with E-state index in [0.29, 0.717) is 11.3 Å². The molecular formula is C22H29NO10. The second-order valence-electron chi connectivity index (χ2n) is 6.94. The maximum Gasteiger partial charge on any atom is 0.303 e. The van der Waals surface area contributed by atoms with Gasteiger partial charge in [0.05, 0.1) is 7.11 Å². The van der Waals surface area contributed by atoms with Gasteiger partial charge in [-0.15, -0.1) is 0 Å². The first-order chi connectivity index (χ1) is 15.5. The molecule has 182 valence electrons. The molecule has 0 aromatic heterocycles. The van der Waals surface area contributed by atoms with Crippen molar-refractivity contribution in [1.29, 1.82) is 0 Å². The van der Waals surface area contributed by atoms with E-state index >= 15 is 0 Å². The molecule has 0 unspecified atom stereocenters. The van der Waals surface area contributed by atoms with E-state index in [2.05, 4.69) is 4.99 Å². The van der Waals surface area contributed by atoms with E-state index in [4.69, 9.17) is 23.7 Å². The highest BCUT2D eigenvalue weighted by Gasteiger charge is 2.40. The Labute approximate surface area is 191 Å².